The number of hydrogen-bond donors (Lipinski definition) is 0. The second-order valence-electron chi connectivity index (χ2n) is 4.86. The van der Waals surface area contributed by atoms with Gasteiger partial charge in [0.2, 0.25) is 0 Å². The second-order valence-corrected chi connectivity index (χ2v) is 6.47. The number of hydrogen-bond acceptors (Lipinski definition) is 2. The summed E-state index contributed by atoms with van der Waals surface area (Å²) >= 11 is 1.70. The van der Waals surface area contributed by atoms with Gasteiger partial charge in [0, 0.05) is 11.0 Å². The quantitative estimate of drug-likeness (QED) is 0.482. The maximum atomic E-state index is 4.46. The van der Waals surface area contributed by atoms with Crippen molar-refractivity contribution in [3.05, 3.63) is 0 Å². The standard InChI is InChI=1S/C11H21NS/c1-11(2,3)13-12-9-10-7-5-4-6-8-10/h9-10H,4-8H2,1-3H3. The predicted octanol–water partition coefficient (Wildman–Crippen LogP) is 4.08. The summed E-state index contributed by atoms with van der Waals surface area (Å²) in [5.41, 5.74) is 0. The summed E-state index contributed by atoms with van der Waals surface area (Å²) in [6.45, 7) is 6.61. The van der Waals surface area contributed by atoms with Gasteiger partial charge in [0.1, 0.15) is 0 Å². The van der Waals surface area contributed by atoms with Crippen molar-refractivity contribution in [1.82, 2.24) is 0 Å². The molecular weight excluding hydrogens is 178 g/mol. The van der Waals surface area contributed by atoms with Crippen molar-refractivity contribution in [3.8, 4) is 0 Å². The van der Waals surface area contributed by atoms with Crippen molar-refractivity contribution >= 4 is 18.2 Å². The molecule has 2 heteroatoms. The van der Waals surface area contributed by atoms with Crippen LogP contribution in [-0.4, -0.2) is 11.0 Å². The monoisotopic (exact) mass is 199 g/mol. The summed E-state index contributed by atoms with van der Waals surface area (Å²) in [5.74, 6) is 0.767. The Bertz CT molecular complexity index is 163. The van der Waals surface area contributed by atoms with Crippen molar-refractivity contribution in [2.75, 3.05) is 0 Å². The molecular formula is C11H21NS. The molecule has 1 fully saturated rings. The van der Waals surface area contributed by atoms with E-state index in [2.05, 4.69) is 31.4 Å². The molecule has 0 unspecified atom stereocenters. The minimum Gasteiger partial charge on any atom is -0.228 e. The van der Waals surface area contributed by atoms with Crippen molar-refractivity contribution in [3.63, 3.8) is 0 Å². The normalized spacial score (nSPS) is 21.2. The molecule has 0 bridgehead atoms. The Balaban J connectivity index is 2.22. The van der Waals surface area contributed by atoms with Gasteiger partial charge in [-0.1, -0.05) is 19.3 Å². The van der Waals surface area contributed by atoms with Crippen LogP contribution in [0.1, 0.15) is 52.9 Å². The Labute approximate surface area is 86.5 Å². The fourth-order valence-corrected chi connectivity index (χ4v) is 2.11. The van der Waals surface area contributed by atoms with E-state index in [4.69, 9.17) is 0 Å². The molecule has 1 aliphatic carbocycles. The number of rotatable bonds is 2. The van der Waals surface area contributed by atoms with Crippen molar-refractivity contribution in [1.29, 1.82) is 0 Å². The molecule has 1 nitrogen and oxygen atoms in total. The van der Waals surface area contributed by atoms with Crippen LogP contribution < -0.4 is 0 Å². The molecule has 0 heterocycles. The Kier molecular flexibility index (Phi) is 4.30. The van der Waals surface area contributed by atoms with Crippen LogP contribution in [-0.2, 0) is 0 Å². The molecule has 0 atom stereocenters. The lowest BCUT2D eigenvalue weighted by Crippen LogP contribution is -2.08. The van der Waals surface area contributed by atoms with E-state index in [1.54, 1.807) is 11.9 Å². The highest BCUT2D eigenvalue weighted by Crippen LogP contribution is 2.26. The highest BCUT2D eigenvalue weighted by atomic mass is 32.2. The minimum atomic E-state index is 0.269. The maximum absolute atomic E-state index is 4.46. The minimum absolute atomic E-state index is 0.269. The van der Waals surface area contributed by atoms with Gasteiger partial charge in [0.25, 0.3) is 0 Å². The van der Waals surface area contributed by atoms with E-state index in [0.29, 0.717) is 0 Å². The number of nitrogens with zero attached hydrogens (tertiary/aromatic N) is 1. The molecule has 1 aliphatic rings. The molecule has 1 saturated carbocycles. The molecule has 0 aromatic heterocycles. The zero-order chi connectivity index (χ0) is 9.73. The highest BCUT2D eigenvalue weighted by molar-refractivity contribution is 7.99. The molecule has 0 aromatic carbocycles. The van der Waals surface area contributed by atoms with Gasteiger partial charge >= 0.3 is 0 Å². The SMILES string of the molecule is CC(C)(C)SN=CC1CCCCC1. The van der Waals surface area contributed by atoms with E-state index in [0.717, 1.165) is 5.92 Å². The first-order valence-electron chi connectivity index (χ1n) is 5.29. The van der Waals surface area contributed by atoms with Crippen molar-refractivity contribution < 1.29 is 0 Å². The third-order valence-electron chi connectivity index (χ3n) is 2.25. The highest BCUT2D eigenvalue weighted by Gasteiger charge is 2.12. The lowest BCUT2D eigenvalue weighted by atomic mass is 9.90. The van der Waals surface area contributed by atoms with Gasteiger partial charge in [0.15, 0.2) is 0 Å². The molecule has 13 heavy (non-hydrogen) atoms. The van der Waals surface area contributed by atoms with E-state index in [-0.39, 0.29) is 4.75 Å². The lowest BCUT2D eigenvalue weighted by Gasteiger charge is -2.18. The summed E-state index contributed by atoms with van der Waals surface area (Å²) < 4.78 is 4.73. The van der Waals surface area contributed by atoms with Gasteiger partial charge in [0.05, 0.1) is 0 Å². The summed E-state index contributed by atoms with van der Waals surface area (Å²) in [6, 6.07) is 0. The average molecular weight is 199 g/mol. The maximum Gasteiger partial charge on any atom is 0.0294 e. The first-order chi connectivity index (χ1) is 6.08. The van der Waals surface area contributed by atoms with Crippen LogP contribution in [0.2, 0.25) is 0 Å². The van der Waals surface area contributed by atoms with Gasteiger partial charge in [-0.2, -0.15) is 0 Å². The Morgan fingerprint density at radius 2 is 1.77 bits per heavy atom. The van der Waals surface area contributed by atoms with Crippen LogP contribution >= 0.6 is 11.9 Å². The van der Waals surface area contributed by atoms with Crippen molar-refractivity contribution in [2.24, 2.45) is 10.3 Å². The lowest BCUT2D eigenvalue weighted by molar-refractivity contribution is 0.445. The summed E-state index contributed by atoms with van der Waals surface area (Å²) in [6.07, 6.45) is 9.11. The molecule has 0 aromatic rings. The van der Waals surface area contributed by atoms with E-state index < -0.39 is 0 Å². The first-order valence-corrected chi connectivity index (χ1v) is 6.07. The fourth-order valence-electron chi connectivity index (χ4n) is 1.56. The van der Waals surface area contributed by atoms with E-state index in [1.807, 2.05) is 0 Å². The molecule has 0 saturated heterocycles. The Hall–Kier alpha value is 0.0200. The summed E-state index contributed by atoms with van der Waals surface area (Å²) in [4.78, 5) is 0. The summed E-state index contributed by atoms with van der Waals surface area (Å²) in [5, 5.41) is 0. The molecule has 0 aliphatic heterocycles. The Morgan fingerprint density at radius 3 is 2.31 bits per heavy atom. The smallest absolute Gasteiger partial charge is 0.0294 e. The van der Waals surface area contributed by atoms with Crippen LogP contribution in [0.25, 0.3) is 0 Å². The fraction of sp³-hybridized carbons (Fsp3) is 0.909. The predicted molar refractivity (Wildman–Crippen MR) is 62.4 cm³/mol. The van der Waals surface area contributed by atoms with E-state index >= 15 is 0 Å². The van der Waals surface area contributed by atoms with Crippen LogP contribution in [0.3, 0.4) is 0 Å². The topological polar surface area (TPSA) is 12.4 Å². The van der Waals surface area contributed by atoms with E-state index in [1.165, 1.54) is 32.1 Å². The third kappa shape index (κ3) is 5.35. The van der Waals surface area contributed by atoms with Gasteiger partial charge in [-0.05, 0) is 51.5 Å². The molecule has 0 spiro atoms. The van der Waals surface area contributed by atoms with Crippen molar-refractivity contribution in [2.45, 2.75) is 57.6 Å². The molecule has 0 amide bonds. The molecule has 0 N–H and O–H groups in total. The van der Waals surface area contributed by atoms with Gasteiger partial charge in [-0.25, -0.2) is 4.40 Å². The van der Waals surface area contributed by atoms with Crippen LogP contribution in [0.15, 0.2) is 4.40 Å². The van der Waals surface area contributed by atoms with Crippen LogP contribution in [0, 0.1) is 5.92 Å². The largest absolute Gasteiger partial charge is 0.228 e. The van der Waals surface area contributed by atoms with E-state index in [9.17, 15) is 0 Å². The molecule has 0 radical (unpaired) electrons. The Morgan fingerprint density at radius 1 is 1.15 bits per heavy atom. The first kappa shape index (κ1) is 11.1. The average Bonchev–Trinajstić information content (AvgIpc) is 2.04. The summed E-state index contributed by atoms with van der Waals surface area (Å²) in [7, 11) is 0. The van der Waals surface area contributed by atoms with Gasteiger partial charge < -0.3 is 0 Å². The van der Waals surface area contributed by atoms with Gasteiger partial charge in [-0.3, -0.25) is 0 Å². The molecule has 76 valence electrons. The molecule has 1 rings (SSSR count). The van der Waals surface area contributed by atoms with Crippen LogP contribution in [0.5, 0.6) is 0 Å². The second kappa shape index (κ2) is 5.04. The van der Waals surface area contributed by atoms with Crippen LogP contribution in [0.4, 0.5) is 0 Å². The zero-order valence-electron chi connectivity index (χ0n) is 9.05. The third-order valence-corrected chi connectivity index (χ3v) is 3.02. The zero-order valence-corrected chi connectivity index (χ0v) is 9.86. The van der Waals surface area contributed by atoms with Gasteiger partial charge in [-0.15, -0.1) is 0 Å².